The van der Waals surface area contributed by atoms with Gasteiger partial charge in [0.2, 0.25) is 0 Å². The fourth-order valence-electron chi connectivity index (χ4n) is 0. The van der Waals surface area contributed by atoms with Gasteiger partial charge in [-0.2, -0.15) is 0 Å². The van der Waals surface area contributed by atoms with Crippen molar-refractivity contribution in [3.63, 3.8) is 0 Å². The van der Waals surface area contributed by atoms with Gasteiger partial charge in [-0.3, -0.25) is 0 Å². The van der Waals surface area contributed by atoms with Crippen LogP contribution in [0.1, 0.15) is 1.43 Å². The summed E-state index contributed by atoms with van der Waals surface area (Å²) in [5.41, 5.74) is 0. The Balaban J connectivity index is -0.0000000154. The molecule has 0 fully saturated rings. The first-order chi connectivity index (χ1) is 3.00. The van der Waals surface area contributed by atoms with Crippen molar-refractivity contribution < 1.29 is 77.2 Å². The molecule has 0 aliphatic carbocycles. The molecule has 0 radical (unpaired) electrons. The van der Waals surface area contributed by atoms with Crippen molar-refractivity contribution in [3.8, 4) is 0 Å². The van der Waals surface area contributed by atoms with Crippen LogP contribution in [0.3, 0.4) is 0 Å². The second kappa shape index (κ2) is 12.7. The first-order valence-corrected chi connectivity index (χ1v) is 2.79. The Bertz CT molecular complexity index is 67.8. The molecule has 5 nitrogen and oxygen atoms in total. The number of hydrogen-bond donors (Lipinski definition) is 4. The summed E-state index contributed by atoms with van der Waals surface area (Å²) < 4.78 is 8.88. The largest absolute Gasteiger partial charge is 1.00 e. The van der Waals surface area contributed by atoms with Crippen LogP contribution < -0.4 is 51.4 Å². The van der Waals surface area contributed by atoms with Crippen LogP contribution in [0, 0.1) is 0 Å². The van der Waals surface area contributed by atoms with Crippen LogP contribution in [0.25, 0.3) is 0 Å². The van der Waals surface area contributed by atoms with Gasteiger partial charge in [0.25, 0.3) is 0 Å². The minimum atomic E-state index is -4.64. The first kappa shape index (κ1) is 22.4. The molecule has 0 saturated carbocycles. The number of aliphatic hydroxyl groups is 1. The van der Waals surface area contributed by atoms with E-state index in [0.717, 1.165) is 7.11 Å². The minimum absolute atomic E-state index is 0. The van der Waals surface area contributed by atoms with Crippen molar-refractivity contribution in [2.24, 2.45) is 0 Å². The van der Waals surface area contributed by atoms with Gasteiger partial charge < -0.3 is 21.2 Å². The van der Waals surface area contributed by atoms with E-state index < -0.39 is 7.82 Å². The monoisotopic (exact) mass is 206 g/mol. The van der Waals surface area contributed by atoms with Gasteiger partial charge in [0.1, 0.15) is 0 Å². The van der Waals surface area contributed by atoms with Crippen molar-refractivity contribution >= 4 is 20.2 Å². The standard InChI is InChI=1S/CH4O.ClH.K.H3O4P.H/c1-2;;;1-5(2,3)4;/h2H,1H3;1H;;(H3,1,2,3,4);/q;;+1;;-1. The Morgan fingerprint density at radius 3 is 1.22 bits per heavy atom. The minimum Gasteiger partial charge on any atom is -1.00 e. The zero-order valence-corrected chi connectivity index (χ0v) is 9.89. The van der Waals surface area contributed by atoms with Crippen molar-refractivity contribution in [3.05, 3.63) is 0 Å². The third kappa shape index (κ3) is 160. The Morgan fingerprint density at radius 1 is 1.22 bits per heavy atom. The van der Waals surface area contributed by atoms with Gasteiger partial charge in [-0.25, -0.2) is 4.57 Å². The molecule has 0 aromatic carbocycles. The zero-order chi connectivity index (χ0) is 6.50. The van der Waals surface area contributed by atoms with Crippen LogP contribution in [0.15, 0.2) is 0 Å². The van der Waals surface area contributed by atoms with Crippen LogP contribution in [0.4, 0.5) is 0 Å². The van der Waals surface area contributed by atoms with E-state index in [1.165, 1.54) is 0 Å². The predicted octanol–water partition coefficient (Wildman–Crippen LogP) is -3.78. The third-order valence-electron chi connectivity index (χ3n) is 0. The molecule has 0 aliphatic rings. The van der Waals surface area contributed by atoms with E-state index in [1.807, 2.05) is 0 Å². The topological polar surface area (TPSA) is 98.0 Å². The van der Waals surface area contributed by atoms with Gasteiger partial charge in [0.05, 0.1) is 0 Å². The van der Waals surface area contributed by atoms with Crippen molar-refractivity contribution in [1.29, 1.82) is 0 Å². The van der Waals surface area contributed by atoms with Crippen LogP contribution >= 0.6 is 20.2 Å². The normalized spacial score (nSPS) is 7.22. The molecule has 0 rings (SSSR count). The van der Waals surface area contributed by atoms with Gasteiger partial charge in [0, 0.05) is 7.11 Å². The molecule has 0 unspecified atom stereocenters. The maximum Gasteiger partial charge on any atom is 1.00 e. The molecule has 0 heterocycles. The number of halogens is 1. The fourth-order valence-corrected chi connectivity index (χ4v) is 0. The zero-order valence-electron chi connectivity index (χ0n) is 6.05. The van der Waals surface area contributed by atoms with Crippen LogP contribution in [-0.4, -0.2) is 26.9 Å². The summed E-state index contributed by atoms with van der Waals surface area (Å²) in [4.78, 5) is 21.6. The Hall–Kier alpha value is 2.00. The van der Waals surface area contributed by atoms with Crippen LogP contribution in [-0.2, 0) is 4.57 Å². The maximum absolute atomic E-state index is 8.88. The second-order valence-corrected chi connectivity index (χ2v) is 1.54. The summed E-state index contributed by atoms with van der Waals surface area (Å²) >= 11 is 0. The number of aliphatic hydroxyl groups excluding tert-OH is 1. The van der Waals surface area contributed by atoms with E-state index in [0.29, 0.717) is 0 Å². The summed E-state index contributed by atoms with van der Waals surface area (Å²) in [6, 6.07) is 0. The molecule has 9 heavy (non-hydrogen) atoms. The molecule has 56 valence electrons. The summed E-state index contributed by atoms with van der Waals surface area (Å²) in [7, 11) is -3.64. The predicted molar refractivity (Wildman–Crippen MR) is 30.8 cm³/mol. The van der Waals surface area contributed by atoms with Crippen molar-refractivity contribution in [1.82, 2.24) is 0 Å². The molecule has 0 atom stereocenters. The summed E-state index contributed by atoms with van der Waals surface area (Å²) in [6.45, 7) is 0. The third-order valence-corrected chi connectivity index (χ3v) is 0. The van der Waals surface area contributed by atoms with Crippen molar-refractivity contribution in [2.45, 2.75) is 0 Å². The number of rotatable bonds is 0. The summed E-state index contributed by atoms with van der Waals surface area (Å²) in [5.74, 6) is 0. The molecule has 0 aromatic heterocycles. The van der Waals surface area contributed by atoms with Gasteiger partial charge >= 0.3 is 59.2 Å². The molecule has 0 aliphatic heterocycles. The number of phosphoric acid groups is 1. The smallest absolute Gasteiger partial charge is 1.00 e. The van der Waals surface area contributed by atoms with Gasteiger partial charge in [0.15, 0.2) is 0 Å². The molecular weight excluding hydrogens is 198 g/mol. The van der Waals surface area contributed by atoms with E-state index in [4.69, 9.17) is 24.4 Å². The van der Waals surface area contributed by atoms with E-state index >= 15 is 0 Å². The molecule has 0 aromatic rings. The Morgan fingerprint density at radius 2 is 1.22 bits per heavy atom. The molecule has 4 N–H and O–H groups in total. The molecule has 0 amide bonds. The Kier molecular flexibility index (Phi) is 31.6. The molecule has 0 bridgehead atoms. The van der Waals surface area contributed by atoms with E-state index in [9.17, 15) is 0 Å². The van der Waals surface area contributed by atoms with Gasteiger partial charge in [-0.15, -0.1) is 12.4 Å². The molecule has 8 heteroatoms. The fraction of sp³-hybridized carbons (Fsp3) is 1.00. The van der Waals surface area contributed by atoms with Gasteiger partial charge in [-0.1, -0.05) is 0 Å². The average Bonchev–Trinajstić information content (AvgIpc) is 1.36. The van der Waals surface area contributed by atoms with E-state index in [2.05, 4.69) is 0 Å². The number of hydrogen-bond acceptors (Lipinski definition) is 2. The van der Waals surface area contributed by atoms with Crippen molar-refractivity contribution in [2.75, 3.05) is 7.11 Å². The average molecular weight is 207 g/mol. The first-order valence-electron chi connectivity index (χ1n) is 1.23. The van der Waals surface area contributed by atoms with Gasteiger partial charge in [-0.05, 0) is 0 Å². The second-order valence-electron chi connectivity index (χ2n) is 0.513. The maximum atomic E-state index is 8.88. The molecular formula is CH9ClKO5P. The summed E-state index contributed by atoms with van der Waals surface area (Å²) in [5, 5.41) is 7.00. The quantitative estimate of drug-likeness (QED) is 0.241. The van der Waals surface area contributed by atoms with Crippen LogP contribution in [0.2, 0.25) is 0 Å². The molecule has 0 saturated heterocycles. The van der Waals surface area contributed by atoms with E-state index in [-0.39, 0.29) is 65.2 Å². The van der Waals surface area contributed by atoms with E-state index in [1.54, 1.807) is 0 Å². The summed E-state index contributed by atoms with van der Waals surface area (Å²) in [6.07, 6.45) is 0. The Labute approximate surface area is 103 Å². The SMILES string of the molecule is CO.Cl.O=P(O)(O)O.[H-].[K+]. The molecule has 0 spiro atoms. The van der Waals surface area contributed by atoms with Crippen LogP contribution in [0.5, 0.6) is 0 Å².